The van der Waals surface area contributed by atoms with Crippen molar-refractivity contribution in [3.05, 3.63) is 65.7 Å². The van der Waals surface area contributed by atoms with Crippen LogP contribution in [0.2, 0.25) is 0 Å². The van der Waals surface area contributed by atoms with E-state index >= 15 is 0 Å². The van der Waals surface area contributed by atoms with Crippen LogP contribution in [0.4, 0.5) is 5.69 Å². The quantitative estimate of drug-likeness (QED) is 0.247. The number of halogens is 1. The molecule has 0 spiro atoms. The summed E-state index contributed by atoms with van der Waals surface area (Å²) >= 11 is 0. The van der Waals surface area contributed by atoms with E-state index in [0.717, 1.165) is 17.7 Å². The molecule has 174 valence electrons. The monoisotopic (exact) mass is 447 g/mol. The van der Waals surface area contributed by atoms with Crippen LogP contribution in [0.3, 0.4) is 0 Å². The minimum atomic E-state index is -0.885. The number of para-hydroxylation sites is 1. The Balaban J connectivity index is 0.00000480. The maximum Gasteiger partial charge on any atom is 0.352 e. The first-order valence-electron chi connectivity index (χ1n) is 11.8. The summed E-state index contributed by atoms with van der Waals surface area (Å²) in [5, 5.41) is 0. The first-order chi connectivity index (χ1) is 14.5. The number of hydrogen-bond acceptors (Lipinski definition) is 2. The molecule has 0 amide bonds. The fourth-order valence-corrected chi connectivity index (χ4v) is 4.33. The first kappa shape index (κ1) is 27.6. The molecule has 0 aliphatic heterocycles. The highest BCUT2D eigenvalue weighted by Crippen LogP contribution is 2.41. The summed E-state index contributed by atoms with van der Waals surface area (Å²) in [4.78, 5) is 0. The molecule has 2 aromatic carbocycles. The normalized spacial score (nSPS) is 11.9. The van der Waals surface area contributed by atoms with Gasteiger partial charge in [-0.3, -0.25) is 9.47 Å². The van der Waals surface area contributed by atoms with Crippen LogP contribution >= 0.6 is 0 Å². The van der Waals surface area contributed by atoms with Crippen molar-refractivity contribution in [1.29, 1.82) is 0 Å². The number of hydrogen-bond donors (Lipinski definition) is 0. The smallest absolute Gasteiger partial charge is 0.352 e. The van der Waals surface area contributed by atoms with Crippen LogP contribution in [0.15, 0.2) is 54.6 Å². The van der Waals surface area contributed by atoms with E-state index in [0.29, 0.717) is 17.7 Å². The Morgan fingerprint density at radius 3 is 1.87 bits per heavy atom. The van der Waals surface area contributed by atoms with E-state index < -0.39 is 5.91 Å². The van der Waals surface area contributed by atoms with Crippen molar-refractivity contribution in [3.8, 4) is 0 Å². The molecule has 3 nitrogen and oxygen atoms in total. The molecule has 0 aliphatic rings. The number of aryl methyl sites for hydroxylation is 1. The Hall–Kier alpha value is -1.39. The minimum Gasteiger partial charge on any atom is -1.00 e. The third-order valence-electron chi connectivity index (χ3n) is 5.97. The van der Waals surface area contributed by atoms with E-state index in [1.54, 1.807) is 0 Å². The summed E-state index contributed by atoms with van der Waals surface area (Å²) in [6, 6.07) is 19.2. The highest BCUT2D eigenvalue weighted by molar-refractivity contribution is 5.45. The molecule has 0 fully saturated rings. The van der Waals surface area contributed by atoms with Gasteiger partial charge in [-0.15, -0.1) is 0 Å². The number of benzene rings is 2. The van der Waals surface area contributed by atoms with Crippen molar-refractivity contribution in [2.45, 2.75) is 71.6 Å². The maximum atomic E-state index is 6.53. The van der Waals surface area contributed by atoms with Gasteiger partial charge in [-0.25, -0.2) is 4.48 Å². The average molecular weight is 448 g/mol. The third-order valence-corrected chi connectivity index (χ3v) is 5.97. The Morgan fingerprint density at radius 2 is 1.26 bits per heavy atom. The Labute approximate surface area is 196 Å². The Kier molecular flexibility index (Phi) is 12.4. The molecule has 0 radical (unpaired) electrons. The molecule has 0 aromatic heterocycles. The summed E-state index contributed by atoms with van der Waals surface area (Å²) in [6.07, 6.45) is 8.84. The van der Waals surface area contributed by atoms with Gasteiger partial charge < -0.3 is 12.4 Å². The van der Waals surface area contributed by atoms with Gasteiger partial charge in [0.05, 0.1) is 32.9 Å². The summed E-state index contributed by atoms with van der Waals surface area (Å²) in [5.41, 5.74) is 3.64. The zero-order valence-corrected chi connectivity index (χ0v) is 21.0. The van der Waals surface area contributed by atoms with Gasteiger partial charge in [0.15, 0.2) is 0 Å². The van der Waals surface area contributed by atoms with Crippen LogP contribution in [0.25, 0.3) is 0 Å². The van der Waals surface area contributed by atoms with E-state index in [2.05, 4.69) is 89.5 Å². The average Bonchev–Trinajstić information content (AvgIpc) is 2.76. The largest absolute Gasteiger partial charge is 1.00 e. The van der Waals surface area contributed by atoms with Crippen molar-refractivity contribution in [2.75, 3.05) is 27.3 Å². The molecule has 0 saturated carbocycles. The molecule has 0 unspecified atom stereocenters. The third kappa shape index (κ3) is 6.79. The molecule has 0 saturated heterocycles. The lowest BCUT2D eigenvalue weighted by atomic mass is 9.96. The van der Waals surface area contributed by atoms with E-state index in [9.17, 15) is 0 Å². The van der Waals surface area contributed by atoms with Gasteiger partial charge >= 0.3 is 5.91 Å². The van der Waals surface area contributed by atoms with E-state index in [1.807, 2.05) is 0 Å². The molecule has 0 aliphatic carbocycles. The number of nitrogens with zero attached hydrogens (tertiary/aromatic N) is 1. The van der Waals surface area contributed by atoms with Crippen molar-refractivity contribution in [1.82, 2.24) is 4.48 Å². The molecular formula is C27H42ClNO2. The molecule has 2 rings (SSSR count). The van der Waals surface area contributed by atoms with Crippen LogP contribution in [0, 0.1) is 0 Å². The van der Waals surface area contributed by atoms with Crippen molar-refractivity contribution >= 4 is 5.69 Å². The predicted molar refractivity (Wildman–Crippen MR) is 129 cm³/mol. The fraction of sp³-hybridized carbons (Fsp3) is 0.556. The van der Waals surface area contributed by atoms with Gasteiger partial charge in [0.2, 0.25) is 0 Å². The molecule has 2 aromatic rings. The first-order valence-corrected chi connectivity index (χ1v) is 11.8. The Morgan fingerprint density at radius 1 is 0.710 bits per heavy atom. The zero-order valence-electron chi connectivity index (χ0n) is 20.2. The summed E-state index contributed by atoms with van der Waals surface area (Å²) in [6.45, 7) is 7.54. The zero-order chi connectivity index (χ0) is 21.9. The van der Waals surface area contributed by atoms with E-state index in [4.69, 9.17) is 9.47 Å². The SMILES string of the molecule is CCCCCCCCc1ccccc1C(OCC)(OCC)[N+](C)(C)c1ccccc1.[Cl-]. The predicted octanol–water partition coefficient (Wildman–Crippen LogP) is 4.04. The van der Waals surface area contributed by atoms with Crippen LogP contribution < -0.4 is 16.9 Å². The second-order valence-electron chi connectivity index (χ2n) is 8.41. The molecule has 0 heterocycles. The van der Waals surface area contributed by atoms with Gasteiger partial charge in [0.1, 0.15) is 5.69 Å². The van der Waals surface area contributed by atoms with Gasteiger partial charge in [-0.05, 0) is 50.5 Å². The highest BCUT2D eigenvalue weighted by Gasteiger charge is 2.52. The van der Waals surface area contributed by atoms with Crippen molar-refractivity contribution in [3.63, 3.8) is 0 Å². The lowest BCUT2D eigenvalue weighted by Crippen LogP contribution is -3.00. The summed E-state index contributed by atoms with van der Waals surface area (Å²) < 4.78 is 13.5. The standard InChI is InChI=1S/C27H42NO2.ClH/c1-6-9-10-11-12-14-19-24-20-17-18-23-26(24)27(29-7-2,30-8-3)28(4,5)25-21-15-13-16-22-25;/h13,15-18,20-23H,6-12,14,19H2,1-5H3;1H/q+1;/p-1. The van der Waals surface area contributed by atoms with Gasteiger partial charge in [0, 0.05) is 0 Å². The molecule has 0 bridgehead atoms. The summed E-state index contributed by atoms with van der Waals surface area (Å²) in [5.74, 6) is -0.885. The second kappa shape index (κ2) is 13.9. The highest BCUT2D eigenvalue weighted by atomic mass is 35.5. The number of ether oxygens (including phenoxy) is 2. The van der Waals surface area contributed by atoms with Gasteiger partial charge in [0.25, 0.3) is 0 Å². The lowest BCUT2D eigenvalue weighted by molar-refractivity contribution is -0.310. The molecule has 4 heteroatoms. The molecule has 0 N–H and O–H groups in total. The van der Waals surface area contributed by atoms with Gasteiger partial charge in [-0.1, -0.05) is 75.4 Å². The topological polar surface area (TPSA) is 18.5 Å². The fourth-order valence-electron chi connectivity index (χ4n) is 4.33. The van der Waals surface area contributed by atoms with Crippen molar-refractivity contribution in [2.24, 2.45) is 0 Å². The molecule has 0 atom stereocenters. The molecular weight excluding hydrogens is 406 g/mol. The number of quaternary nitrogens is 1. The van der Waals surface area contributed by atoms with E-state index in [-0.39, 0.29) is 12.4 Å². The maximum absolute atomic E-state index is 6.53. The van der Waals surface area contributed by atoms with Crippen LogP contribution in [0.1, 0.15) is 70.4 Å². The lowest BCUT2D eigenvalue weighted by Gasteiger charge is -2.46. The van der Waals surface area contributed by atoms with Crippen molar-refractivity contribution < 1.29 is 21.9 Å². The minimum absolute atomic E-state index is 0. The van der Waals surface area contributed by atoms with E-state index in [1.165, 1.54) is 44.1 Å². The summed E-state index contributed by atoms with van der Waals surface area (Å²) in [7, 11) is 4.37. The van der Waals surface area contributed by atoms with Crippen LogP contribution in [0.5, 0.6) is 0 Å². The van der Waals surface area contributed by atoms with Crippen LogP contribution in [-0.4, -0.2) is 27.3 Å². The number of unbranched alkanes of at least 4 members (excludes halogenated alkanes) is 5. The van der Waals surface area contributed by atoms with Crippen LogP contribution in [-0.2, 0) is 21.8 Å². The second-order valence-corrected chi connectivity index (χ2v) is 8.41. The van der Waals surface area contributed by atoms with Gasteiger partial charge in [-0.2, -0.15) is 0 Å². The molecule has 31 heavy (non-hydrogen) atoms. The number of rotatable bonds is 14. The Bertz CT molecular complexity index is 727.